The molecule has 0 aliphatic carbocycles. The summed E-state index contributed by atoms with van der Waals surface area (Å²) in [6.45, 7) is 7.99. The third-order valence-electron chi connectivity index (χ3n) is 2.42. The lowest BCUT2D eigenvalue weighted by Gasteiger charge is -2.24. The van der Waals surface area contributed by atoms with Crippen LogP contribution in [0, 0.1) is 6.92 Å². The van der Waals surface area contributed by atoms with Gasteiger partial charge in [-0.2, -0.15) is 0 Å². The molecular formula is C11H16BrNO. The van der Waals surface area contributed by atoms with Crippen molar-refractivity contribution in [2.24, 2.45) is 0 Å². The number of rotatable bonds is 3. The summed E-state index contributed by atoms with van der Waals surface area (Å²) in [6.07, 6.45) is 0. The molecule has 0 aliphatic rings. The SMILES string of the molecule is CCN(CC)c1c(O)ccc(Br)c1C. The molecule has 0 unspecified atom stereocenters. The second kappa shape index (κ2) is 4.69. The molecular weight excluding hydrogens is 242 g/mol. The van der Waals surface area contributed by atoms with Crippen molar-refractivity contribution in [3.05, 3.63) is 22.2 Å². The van der Waals surface area contributed by atoms with E-state index >= 15 is 0 Å². The van der Waals surface area contributed by atoms with Gasteiger partial charge in [-0.05, 0) is 38.5 Å². The predicted octanol–water partition coefficient (Wildman–Crippen LogP) is 3.31. The second-order valence-electron chi connectivity index (χ2n) is 3.21. The number of phenolic OH excluding ortho intramolecular Hbond substituents is 1. The van der Waals surface area contributed by atoms with Gasteiger partial charge in [-0.15, -0.1) is 0 Å². The van der Waals surface area contributed by atoms with E-state index in [-0.39, 0.29) is 0 Å². The Morgan fingerprint density at radius 2 is 1.86 bits per heavy atom. The summed E-state index contributed by atoms with van der Waals surface area (Å²) < 4.78 is 1.04. The Balaban J connectivity index is 3.23. The quantitative estimate of drug-likeness (QED) is 0.899. The zero-order chi connectivity index (χ0) is 10.7. The van der Waals surface area contributed by atoms with Crippen molar-refractivity contribution in [2.75, 3.05) is 18.0 Å². The van der Waals surface area contributed by atoms with Crippen LogP contribution in [0.3, 0.4) is 0 Å². The van der Waals surface area contributed by atoms with Crippen molar-refractivity contribution in [3.63, 3.8) is 0 Å². The van der Waals surface area contributed by atoms with Gasteiger partial charge in [0.1, 0.15) is 5.75 Å². The summed E-state index contributed by atoms with van der Waals surface area (Å²) >= 11 is 3.47. The average Bonchev–Trinajstić information content (AvgIpc) is 2.19. The van der Waals surface area contributed by atoms with Gasteiger partial charge < -0.3 is 10.0 Å². The molecule has 1 rings (SSSR count). The van der Waals surface area contributed by atoms with Crippen LogP contribution in [-0.4, -0.2) is 18.2 Å². The molecule has 0 aromatic heterocycles. The molecule has 0 radical (unpaired) electrons. The van der Waals surface area contributed by atoms with Crippen LogP contribution in [0.15, 0.2) is 16.6 Å². The molecule has 14 heavy (non-hydrogen) atoms. The molecule has 0 amide bonds. The Labute approximate surface area is 93.7 Å². The van der Waals surface area contributed by atoms with Crippen LogP contribution in [0.1, 0.15) is 19.4 Å². The monoisotopic (exact) mass is 257 g/mol. The van der Waals surface area contributed by atoms with Crippen LogP contribution in [0.2, 0.25) is 0 Å². The normalized spacial score (nSPS) is 10.3. The number of hydrogen-bond acceptors (Lipinski definition) is 2. The van der Waals surface area contributed by atoms with Crippen molar-refractivity contribution >= 4 is 21.6 Å². The Kier molecular flexibility index (Phi) is 3.81. The Morgan fingerprint density at radius 3 is 2.36 bits per heavy atom. The molecule has 1 aromatic carbocycles. The molecule has 0 saturated carbocycles. The van der Waals surface area contributed by atoms with Gasteiger partial charge in [0.2, 0.25) is 0 Å². The highest BCUT2D eigenvalue weighted by Crippen LogP contribution is 2.35. The summed E-state index contributed by atoms with van der Waals surface area (Å²) in [5, 5.41) is 9.79. The van der Waals surface area contributed by atoms with Gasteiger partial charge in [0.05, 0.1) is 5.69 Å². The smallest absolute Gasteiger partial charge is 0.139 e. The van der Waals surface area contributed by atoms with E-state index in [2.05, 4.69) is 34.7 Å². The summed E-state index contributed by atoms with van der Waals surface area (Å²) in [4.78, 5) is 2.15. The third kappa shape index (κ3) is 2.03. The lowest BCUT2D eigenvalue weighted by molar-refractivity contribution is 0.473. The number of nitrogens with zero attached hydrogens (tertiary/aromatic N) is 1. The van der Waals surface area contributed by atoms with E-state index in [1.165, 1.54) is 0 Å². The van der Waals surface area contributed by atoms with E-state index in [0.717, 1.165) is 28.8 Å². The standard InChI is InChI=1S/C11H16BrNO/c1-4-13(5-2)11-8(3)9(12)6-7-10(11)14/h6-7,14H,4-5H2,1-3H3. The number of aromatic hydroxyl groups is 1. The zero-order valence-corrected chi connectivity index (χ0v) is 10.4. The first-order valence-corrected chi connectivity index (χ1v) is 5.64. The van der Waals surface area contributed by atoms with Gasteiger partial charge in [-0.1, -0.05) is 15.9 Å². The van der Waals surface area contributed by atoms with E-state index in [0.29, 0.717) is 5.75 Å². The predicted molar refractivity (Wildman–Crippen MR) is 64.1 cm³/mol. The zero-order valence-electron chi connectivity index (χ0n) is 8.84. The Morgan fingerprint density at radius 1 is 1.29 bits per heavy atom. The molecule has 0 aliphatic heterocycles. The largest absolute Gasteiger partial charge is 0.506 e. The fourth-order valence-corrected chi connectivity index (χ4v) is 1.92. The maximum atomic E-state index is 9.79. The number of anilines is 1. The maximum Gasteiger partial charge on any atom is 0.139 e. The first kappa shape index (κ1) is 11.4. The van der Waals surface area contributed by atoms with Crippen LogP contribution >= 0.6 is 15.9 Å². The molecule has 0 bridgehead atoms. The van der Waals surface area contributed by atoms with E-state index in [1.807, 2.05) is 13.0 Å². The van der Waals surface area contributed by atoms with E-state index in [9.17, 15) is 5.11 Å². The molecule has 2 nitrogen and oxygen atoms in total. The van der Waals surface area contributed by atoms with Gasteiger partial charge in [-0.25, -0.2) is 0 Å². The molecule has 0 saturated heterocycles. The molecule has 1 N–H and O–H groups in total. The minimum Gasteiger partial charge on any atom is -0.506 e. The van der Waals surface area contributed by atoms with E-state index in [1.54, 1.807) is 6.07 Å². The second-order valence-corrected chi connectivity index (χ2v) is 4.07. The molecule has 0 heterocycles. The summed E-state index contributed by atoms with van der Waals surface area (Å²) in [6, 6.07) is 3.60. The van der Waals surface area contributed by atoms with Crippen molar-refractivity contribution < 1.29 is 5.11 Å². The van der Waals surface area contributed by atoms with Crippen molar-refractivity contribution in [1.82, 2.24) is 0 Å². The fraction of sp³-hybridized carbons (Fsp3) is 0.455. The van der Waals surface area contributed by atoms with Gasteiger partial charge in [0.15, 0.2) is 0 Å². The van der Waals surface area contributed by atoms with Gasteiger partial charge >= 0.3 is 0 Å². The molecule has 0 spiro atoms. The molecule has 78 valence electrons. The Hall–Kier alpha value is -0.700. The van der Waals surface area contributed by atoms with Crippen molar-refractivity contribution in [3.8, 4) is 5.75 Å². The highest BCUT2D eigenvalue weighted by molar-refractivity contribution is 9.10. The number of hydrogen-bond donors (Lipinski definition) is 1. The number of phenols is 1. The van der Waals surface area contributed by atoms with Crippen molar-refractivity contribution in [1.29, 1.82) is 0 Å². The van der Waals surface area contributed by atoms with E-state index < -0.39 is 0 Å². The molecule has 1 aromatic rings. The van der Waals surface area contributed by atoms with Crippen molar-refractivity contribution in [2.45, 2.75) is 20.8 Å². The first-order chi connectivity index (χ1) is 6.61. The van der Waals surface area contributed by atoms with Gasteiger partial charge in [-0.3, -0.25) is 0 Å². The average molecular weight is 258 g/mol. The van der Waals surface area contributed by atoms with Crippen LogP contribution in [0.25, 0.3) is 0 Å². The molecule has 0 atom stereocenters. The van der Waals surface area contributed by atoms with Crippen LogP contribution < -0.4 is 4.90 Å². The van der Waals surface area contributed by atoms with Gasteiger partial charge in [0.25, 0.3) is 0 Å². The molecule has 0 fully saturated rings. The summed E-state index contributed by atoms with van der Waals surface area (Å²) in [7, 11) is 0. The summed E-state index contributed by atoms with van der Waals surface area (Å²) in [5.74, 6) is 0.356. The summed E-state index contributed by atoms with van der Waals surface area (Å²) in [5.41, 5.74) is 2.03. The highest BCUT2D eigenvalue weighted by atomic mass is 79.9. The van der Waals surface area contributed by atoms with Crippen LogP contribution in [0.5, 0.6) is 5.75 Å². The van der Waals surface area contributed by atoms with Crippen LogP contribution in [-0.2, 0) is 0 Å². The minimum atomic E-state index is 0.356. The van der Waals surface area contributed by atoms with E-state index in [4.69, 9.17) is 0 Å². The topological polar surface area (TPSA) is 23.5 Å². The third-order valence-corrected chi connectivity index (χ3v) is 3.28. The maximum absolute atomic E-state index is 9.79. The lowest BCUT2D eigenvalue weighted by atomic mass is 10.1. The minimum absolute atomic E-state index is 0.356. The Bertz CT molecular complexity index is 321. The lowest BCUT2D eigenvalue weighted by Crippen LogP contribution is -2.22. The highest BCUT2D eigenvalue weighted by Gasteiger charge is 2.12. The van der Waals surface area contributed by atoms with Crippen LogP contribution in [0.4, 0.5) is 5.69 Å². The number of halogens is 1. The van der Waals surface area contributed by atoms with Gasteiger partial charge in [0, 0.05) is 17.6 Å². The molecule has 3 heteroatoms. The first-order valence-electron chi connectivity index (χ1n) is 4.84. The number of benzene rings is 1. The fourth-order valence-electron chi connectivity index (χ4n) is 1.60.